The summed E-state index contributed by atoms with van der Waals surface area (Å²) in [5, 5.41) is 0. The molecule has 0 aliphatic carbocycles. The fourth-order valence-electron chi connectivity index (χ4n) is 0.843. The number of rotatable bonds is 2. The van der Waals surface area contributed by atoms with Gasteiger partial charge in [0.1, 0.15) is 0 Å². The number of hydrogen-bond donors (Lipinski definition) is 1. The van der Waals surface area contributed by atoms with Gasteiger partial charge in [-0.2, -0.15) is 13.2 Å². The average Bonchev–Trinajstić information content (AvgIpc) is 2.47. The second-order valence-corrected chi connectivity index (χ2v) is 4.39. The van der Waals surface area contributed by atoms with Gasteiger partial charge in [0.2, 0.25) is 0 Å². The number of nitrogens with two attached hydrogens (primary N) is 1. The van der Waals surface area contributed by atoms with Crippen LogP contribution in [0.4, 0.5) is 13.2 Å². The van der Waals surface area contributed by atoms with Gasteiger partial charge in [-0.15, -0.1) is 11.3 Å². The van der Waals surface area contributed by atoms with Gasteiger partial charge in [0, 0.05) is 10.5 Å². The van der Waals surface area contributed by atoms with Crippen molar-refractivity contribution in [1.82, 2.24) is 0 Å². The van der Waals surface area contributed by atoms with Gasteiger partial charge in [0.25, 0.3) is 0 Å². The molecule has 1 heterocycles. The van der Waals surface area contributed by atoms with E-state index in [9.17, 15) is 13.2 Å². The van der Waals surface area contributed by atoms with Crippen molar-refractivity contribution < 1.29 is 13.2 Å². The van der Waals surface area contributed by atoms with E-state index in [1.54, 1.807) is 0 Å². The van der Waals surface area contributed by atoms with Crippen molar-refractivity contribution >= 4 is 22.9 Å². The molecule has 0 saturated carbocycles. The lowest BCUT2D eigenvalue weighted by Crippen LogP contribution is -2.22. The van der Waals surface area contributed by atoms with E-state index in [2.05, 4.69) is 6.58 Å². The molecule has 0 bridgehead atoms. The number of hydrogen-bond acceptors (Lipinski definition) is 2. The van der Waals surface area contributed by atoms with Crippen LogP contribution >= 0.6 is 22.9 Å². The summed E-state index contributed by atoms with van der Waals surface area (Å²) in [4.78, 5) is 0.359. The highest BCUT2D eigenvalue weighted by Crippen LogP contribution is 2.36. The predicted molar refractivity (Wildman–Crippen MR) is 51.5 cm³/mol. The second-order valence-electron chi connectivity index (χ2n) is 2.64. The number of alkyl halides is 3. The quantitative estimate of drug-likeness (QED) is 0.788. The van der Waals surface area contributed by atoms with Crippen molar-refractivity contribution in [3.8, 4) is 0 Å². The van der Waals surface area contributed by atoms with E-state index in [1.807, 2.05) is 0 Å². The molecule has 1 aromatic heterocycles. The lowest BCUT2D eigenvalue weighted by molar-refractivity contribution is -0.0951. The first-order valence-corrected chi connectivity index (χ1v) is 4.78. The van der Waals surface area contributed by atoms with E-state index in [1.165, 1.54) is 12.1 Å². The SMILES string of the molecule is C=C(C(N)c1ccc(Cl)s1)C(F)(F)F. The van der Waals surface area contributed by atoms with E-state index < -0.39 is 17.8 Å². The number of halogens is 4. The van der Waals surface area contributed by atoms with Gasteiger partial charge in [-0.3, -0.25) is 0 Å². The van der Waals surface area contributed by atoms with Crippen molar-refractivity contribution in [2.75, 3.05) is 0 Å². The molecule has 14 heavy (non-hydrogen) atoms. The maximum atomic E-state index is 12.2. The minimum absolute atomic E-state index is 0.359. The normalized spacial score (nSPS) is 14.1. The summed E-state index contributed by atoms with van der Waals surface area (Å²) in [5.41, 5.74) is 4.41. The van der Waals surface area contributed by atoms with E-state index in [-0.39, 0.29) is 0 Å². The average molecular weight is 242 g/mol. The van der Waals surface area contributed by atoms with Crippen LogP contribution in [0.5, 0.6) is 0 Å². The van der Waals surface area contributed by atoms with Crippen LogP contribution in [0, 0.1) is 0 Å². The molecule has 0 aliphatic rings. The molecule has 6 heteroatoms. The minimum Gasteiger partial charge on any atom is -0.320 e. The highest BCUT2D eigenvalue weighted by atomic mass is 35.5. The molecule has 78 valence electrons. The Labute approximate surface area is 88.0 Å². The summed E-state index contributed by atoms with van der Waals surface area (Å²) in [6.45, 7) is 2.93. The van der Waals surface area contributed by atoms with Gasteiger partial charge in [-0.05, 0) is 12.1 Å². The summed E-state index contributed by atoms with van der Waals surface area (Å²) in [5.74, 6) is 0. The lowest BCUT2D eigenvalue weighted by Gasteiger charge is -2.15. The van der Waals surface area contributed by atoms with E-state index >= 15 is 0 Å². The van der Waals surface area contributed by atoms with Gasteiger partial charge in [-0.1, -0.05) is 18.2 Å². The molecule has 0 amide bonds. The monoisotopic (exact) mass is 241 g/mol. The third kappa shape index (κ3) is 2.50. The second kappa shape index (κ2) is 3.92. The van der Waals surface area contributed by atoms with Gasteiger partial charge >= 0.3 is 6.18 Å². The minimum atomic E-state index is -4.46. The smallest absolute Gasteiger partial charge is 0.320 e. The standard InChI is InChI=1S/C8H7ClF3NS/c1-4(8(10,11)12)7(13)5-2-3-6(9)14-5/h2-3,7H,1,13H2. The Morgan fingerprint density at radius 2 is 2.07 bits per heavy atom. The zero-order valence-corrected chi connectivity index (χ0v) is 8.51. The Balaban J connectivity index is 2.86. The summed E-state index contributed by atoms with van der Waals surface area (Å²) in [6.07, 6.45) is -4.46. The van der Waals surface area contributed by atoms with E-state index in [0.29, 0.717) is 9.21 Å². The van der Waals surface area contributed by atoms with Gasteiger partial charge < -0.3 is 5.73 Å². The summed E-state index contributed by atoms with van der Waals surface area (Å²) >= 11 is 6.60. The van der Waals surface area contributed by atoms with Crippen LogP contribution in [-0.2, 0) is 0 Å². The van der Waals surface area contributed by atoms with Crippen molar-refractivity contribution in [2.24, 2.45) is 5.73 Å². The molecule has 1 atom stereocenters. The van der Waals surface area contributed by atoms with Crippen molar-refractivity contribution in [2.45, 2.75) is 12.2 Å². The van der Waals surface area contributed by atoms with Gasteiger partial charge in [-0.25, -0.2) is 0 Å². The summed E-state index contributed by atoms with van der Waals surface area (Å²) < 4.78 is 37.0. The topological polar surface area (TPSA) is 26.0 Å². The van der Waals surface area contributed by atoms with Gasteiger partial charge in [0.15, 0.2) is 0 Å². The van der Waals surface area contributed by atoms with Crippen LogP contribution in [0.1, 0.15) is 10.9 Å². The fraction of sp³-hybridized carbons (Fsp3) is 0.250. The first kappa shape index (κ1) is 11.6. The largest absolute Gasteiger partial charge is 0.413 e. The molecule has 0 spiro atoms. The lowest BCUT2D eigenvalue weighted by atomic mass is 10.1. The molecule has 0 aliphatic heterocycles. The predicted octanol–water partition coefficient (Wildman–Crippen LogP) is 3.52. The molecule has 1 unspecified atom stereocenters. The Hall–Kier alpha value is -0.520. The van der Waals surface area contributed by atoms with E-state index in [0.717, 1.165) is 11.3 Å². The van der Waals surface area contributed by atoms with Gasteiger partial charge in [0.05, 0.1) is 10.4 Å². The third-order valence-electron chi connectivity index (χ3n) is 1.64. The van der Waals surface area contributed by atoms with Crippen molar-refractivity contribution in [3.05, 3.63) is 33.5 Å². The molecule has 2 N–H and O–H groups in total. The number of thiophene rings is 1. The Morgan fingerprint density at radius 1 is 1.50 bits per heavy atom. The molecule has 0 fully saturated rings. The van der Waals surface area contributed by atoms with Crippen molar-refractivity contribution in [3.63, 3.8) is 0 Å². The molecule has 0 radical (unpaired) electrons. The molecular formula is C8H7ClF3NS. The third-order valence-corrected chi connectivity index (χ3v) is 2.95. The highest BCUT2D eigenvalue weighted by molar-refractivity contribution is 7.16. The molecule has 0 aromatic carbocycles. The molecule has 1 aromatic rings. The van der Waals surface area contributed by atoms with E-state index in [4.69, 9.17) is 17.3 Å². The molecule has 0 saturated heterocycles. The summed E-state index contributed by atoms with van der Waals surface area (Å²) in [6, 6.07) is 1.74. The van der Waals surface area contributed by atoms with Crippen LogP contribution in [0.15, 0.2) is 24.3 Å². The maximum absolute atomic E-state index is 12.2. The zero-order valence-electron chi connectivity index (χ0n) is 6.94. The van der Waals surface area contributed by atoms with Crippen LogP contribution in [0.2, 0.25) is 4.34 Å². The first-order chi connectivity index (χ1) is 6.32. The first-order valence-electron chi connectivity index (χ1n) is 3.59. The van der Waals surface area contributed by atoms with Crippen molar-refractivity contribution in [1.29, 1.82) is 0 Å². The van der Waals surface area contributed by atoms with Crippen LogP contribution in [-0.4, -0.2) is 6.18 Å². The Bertz CT molecular complexity index is 345. The fourth-order valence-corrected chi connectivity index (χ4v) is 1.94. The summed E-state index contributed by atoms with van der Waals surface area (Å²) in [7, 11) is 0. The molecular weight excluding hydrogens is 235 g/mol. The zero-order chi connectivity index (χ0) is 10.9. The molecule has 1 rings (SSSR count). The Kier molecular flexibility index (Phi) is 3.24. The van der Waals surface area contributed by atoms with Crippen LogP contribution < -0.4 is 5.73 Å². The maximum Gasteiger partial charge on any atom is 0.413 e. The van der Waals surface area contributed by atoms with Crippen LogP contribution in [0.3, 0.4) is 0 Å². The highest BCUT2D eigenvalue weighted by Gasteiger charge is 2.36. The van der Waals surface area contributed by atoms with Crippen LogP contribution in [0.25, 0.3) is 0 Å². The molecule has 1 nitrogen and oxygen atoms in total. The Morgan fingerprint density at radius 3 is 2.43 bits per heavy atom.